The Morgan fingerprint density at radius 2 is 1.95 bits per heavy atom. The first-order valence-electron chi connectivity index (χ1n) is 6.52. The molecule has 2 aromatic rings. The zero-order valence-electron chi connectivity index (χ0n) is 12.0. The van der Waals surface area contributed by atoms with E-state index in [4.69, 9.17) is 0 Å². The van der Waals surface area contributed by atoms with Crippen molar-refractivity contribution in [3.05, 3.63) is 32.2 Å². The summed E-state index contributed by atoms with van der Waals surface area (Å²) >= 11 is 3.46. The fourth-order valence-electron chi connectivity index (χ4n) is 1.67. The van der Waals surface area contributed by atoms with Crippen LogP contribution in [0.15, 0.2) is 10.8 Å². The Balaban J connectivity index is 1.75. The molecule has 19 heavy (non-hydrogen) atoms. The van der Waals surface area contributed by atoms with Crippen LogP contribution in [-0.2, 0) is 18.4 Å². The number of hydrogen-bond acceptors (Lipinski definition) is 5. The van der Waals surface area contributed by atoms with Crippen LogP contribution in [-0.4, -0.2) is 16.5 Å². The minimum absolute atomic E-state index is 0.146. The van der Waals surface area contributed by atoms with E-state index in [1.807, 2.05) is 6.92 Å². The fraction of sp³-hybridized carbons (Fsp3) is 0.571. The van der Waals surface area contributed by atoms with Crippen LogP contribution >= 0.6 is 22.7 Å². The number of nitrogens with zero attached hydrogens (tertiary/aromatic N) is 2. The highest BCUT2D eigenvalue weighted by atomic mass is 32.1. The van der Waals surface area contributed by atoms with Crippen LogP contribution in [0.4, 0.5) is 0 Å². The Morgan fingerprint density at radius 3 is 2.53 bits per heavy atom. The summed E-state index contributed by atoms with van der Waals surface area (Å²) in [5.74, 6) is 0. The van der Waals surface area contributed by atoms with Gasteiger partial charge in [-0.25, -0.2) is 9.97 Å². The van der Waals surface area contributed by atoms with Crippen molar-refractivity contribution in [3.8, 4) is 0 Å². The molecule has 0 saturated heterocycles. The van der Waals surface area contributed by atoms with Crippen molar-refractivity contribution in [2.45, 2.75) is 46.1 Å². The van der Waals surface area contributed by atoms with Crippen LogP contribution in [0.25, 0.3) is 0 Å². The van der Waals surface area contributed by atoms with E-state index in [0.717, 1.165) is 24.5 Å². The second kappa shape index (κ2) is 6.11. The van der Waals surface area contributed by atoms with E-state index >= 15 is 0 Å². The molecule has 0 radical (unpaired) electrons. The summed E-state index contributed by atoms with van der Waals surface area (Å²) in [4.78, 5) is 9.13. The average Bonchev–Trinajstić information content (AvgIpc) is 2.93. The predicted octanol–water partition coefficient (Wildman–Crippen LogP) is 3.54. The Labute approximate surface area is 123 Å². The van der Waals surface area contributed by atoms with Crippen LogP contribution in [0.3, 0.4) is 0 Å². The first kappa shape index (κ1) is 14.6. The lowest BCUT2D eigenvalue weighted by molar-refractivity contribution is 0.568. The summed E-state index contributed by atoms with van der Waals surface area (Å²) in [5, 5.41) is 10.1. The van der Waals surface area contributed by atoms with E-state index in [0.29, 0.717) is 0 Å². The number of aryl methyl sites for hydroxylation is 1. The molecule has 3 nitrogen and oxygen atoms in total. The largest absolute Gasteiger partial charge is 0.310 e. The van der Waals surface area contributed by atoms with Crippen molar-refractivity contribution >= 4 is 22.7 Å². The van der Waals surface area contributed by atoms with E-state index in [1.54, 1.807) is 22.7 Å². The number of aromatic nitrogens is 2. The van der Waals surface area contributed by atoms with Gasteiger partial charge < -0.3 is 5.32 Å². The summed E-state index contributed by atoms with van der Waals surface area (Å²) in [6.07, 6.45) is 0.988. The van der Waals surface area contributed by atoms with Crippen LogP contribution in [0.1, 0.15) is 42.2 Å². The van der Waals surface area contributed by atoms with Gasteiger partial charge in [-0.2, -0.15) is 0 Å². The van der Waals surface area contributed by atoms with Gasteiger partial charge in [-0.1, -0.05) is 20.8 Å². The van der Waals surface area contributed by atoms with Gasteiger partial charge in [-0.05, 0) is 6.92 Å². The number of hydrogen-bond donors (Lipinski definition) is 1. The molecule has 0 amide bonds. The van der Waals surface area contributed by atoms with Gasteiger partial charge in [0.05, 0.1) is 16.4 Å². The van der Waals surface area contributed by atoms with Gasteiger partial charge in [-0.15, -0.1) is 22.7 Å². The first-order chi connectivity index (χ1) is 8.95. The Hall–Kier alpha value is -0.780. The van der Waals surface area contributed by atoms with Crippen LogP contribution in [0.2, 0.25) is 0 Å². The molecule has 0 fully saturated rings. The highest BCUT2D eigenvalue weighted by Crippen LogP contribution is 2.23. The van der Waals surface area contributed by atoms with Crippen molar-refractivity contribution in [1.82, 2.24) is 15.3 Å². The van der Waals surface area contributed by atoms with Gasteiger partial charge >= 0.3 is 0 Å². The molecule has 2 heterocycles. The third-order valence-corrected chi connectivity index (χ3v) is 4.49. The third-order valence-electron chi connectivity index (χ3n) is 2.82. The molecule has 0 saturated carbocycles. The lowest BCUT2D eigenvalue weighted by Crippen LogP contribution is -2.17. The minimum Gasteiger partial charge on any atom is -0.310 e. The lowest BCUT2D eigenvalue weighted by Gasteiger charge is -2.14. The van der Waals surface area contributed by atoms with E-state index < -0.39 is 0 Å². The third kappa shape index (κ3) is 4.37. The maximum Gasteiger partial charge on any atom is 0.107 e. The van der Waals surface area contributed by atoms with Gasteiger partial charge in [0, 0.05) is 35.7 Å². The molecule has 2 rings (SSSR count). The average molecular weight is 295 g/mol. The molecular formula is C14H21N3S2. The van der Waals surface area contributed by atoms with Gasteiger partial charge in [0.25, 0.3) is 0 Å². The molecule has 0 aromatic carbocycles. The standard InChI is InChI=1S/C14H21N3S2/c1-10-16-11(8-18-10)5-6-15-7-13-17-12(9-19-13)14(2,3)4/h8-9,15H,5-7H2,1-4H3. The van der Waals surface area contributed by atoms with E-state index in [1.165, 1.54) is 16.4 Å². The fourth-order valence-corrected chi connectivity index (χ4v) is 3.31. The highest BCUT2D eigenvalue weighted by molar-refractivity contribution is 7.09. The molecular weight excluding hydrogens is 274 g/mol. The predicted molar refractivity (Wildman–Crippen MR) is 83.1 cm³/mol. The number of rotatable bonds is 5. The van der Waals surface area contributed by atoms with E-state index in [2.05, 4.69) is 46.8 Å². The van der Waals surface area contributed by atoms with Gasteiger partial charge in [0.2, 0.25) is 0 Å². The van der Waals surface area contributed by atoms with Gasteiger partial charge in [-0.3, -0.25) is 0 Å². The minimum atomic E-state index is 0.146. The zero-order chi connectivity index (χ0) is 13.9. The van der Waals surface area contributed by atoms with Gasteiger partial charge in [0.15, 0.2) is 0 Å². The van der Waals surface area contributed by atoms with Crippen LogP contribution < -0.4 is 5.32 Å². The molecule has 5 heteroatoms. The zero-order valence-corrected chi connectivity index (χ0v) is 13.6. The molecule has 0 unspecified atom stereocenters. The maximum absolute atomic E-state index is 4.67. The summed E-state index contributed by atoms with van der Waals surface area (Å²) in [7, 11) is 0. The van der Waals surface area contributed by atoms with Crippen molar-refractivity contribution in [2.75, 3.05) is 6.54 Å². The quantitative estimate of drug-likeness (QED) is 0.857. The summed E-state index contributed by atoms with van der Waals surface area (Å²) < 4.78 is 0. The molecule has 1 N–H and O–H groups in total. The lowest BCUT2D eigenvalue weighted by atomic mass is 9.93. The molecule has 0 spiro atoms. The van der Waals surface area contributed by atoms with E-state index in [9.17, 15) is 0 Å². The Bertz CT molecular complexity index is 523. The smallest absolute Gasteiger partial charge is 0.107 e. The van der Waals surface area contributed by atoms with Crippen molar-refractivity contribution in [1.29, 1.82) is 0 Å². The molecule has 0 aliphatic carbocycles. The van der Waals surface area contributed by atoms with E-state index in [-0.39, 0.29) is 5.41 Å². The van der Waals surface area contributed by atoms with Crippen molar-refractivity contribution in [3.63, 3.8) is 0 Å². The molecule has 0 bridgehead atoms. The molecule has 104 valence electrons. The summed E-state index contributed by atoms with van der Waals surface area (Å²) in [5.41, 5.74) is 2.52. The maximum atomic E-state index is 4.67. The summed E-state index contributed by atoms with van der Waals surface area (Å²) in [6, 6.07) is 0. The van der Waals surface area contributed by atoms with Crippen LogP contribution in [0, 0.1) is 6.92 Å². The molecule has 0 atom stereocenters. The van der Waals surface area contributed by atoms with Crippen LogP contribution in [0.5, 0.6) is 0 Å². The second-order valence-electron chi connectivity index (χ2n) is 5.66. The number of nitrogens with one attached hydrogen (secondary N) is 1. The van der Waals surface area contributed by atoms with Crippen molar-refractivity contribution in [2.24, 2.45) is 0 Å². The molecule has 0 aliphatic rings. The second-order valence-corrected chi connectivity index (χ2v) is 7.67. The SMILES string of the molecule is Cc1nc(CCNCc2nc(C(C)(C)C)cs2)cs1. The molecule has 2 aromatic heterocycles. The van der Waals surface area contributed by atoms with Gasteiger partial charge in [0.1, 0.15) is 5.01 Å². The number of thiazole rings is 2. The normalized spacial score (nSPS) is 12.0. The Morgan fingerprint density at radius 1 is 1.16 bits per heavy atom. The first-order valence-corrected chi connectivity index (χ1v) is 8.27. The topological polar surface area (TPSA) is 37.8 Å². The highest BCUT2D eigenvalue weighted by Gasteiger charge is 2.17. The van der Waals surface area contributed by atoms with Crippen molar-refractivity contribution < 1.29 is 0 Å². The Kier molecular flexibility index (Phi) is 4.71. The monoisotopic (exact) mass is 295 g/mol. The summed E-state index contributed by atoms with van der Waals surface area (Å²) in [6.45, 7) is 10.4. The molecule has 0 aliphatic heterocycles.